The Hall–Kier alpha value is -3.93. The minimum Gasteiger partial charge on any atom is -0.503 e. The number of carbonyl (C=O) groups excluding carboxylic acids is 2. The van der Waals surface area contributed by atoms with Crippen molar-refractivity contribution in [3.63, 3.8) is 0 Å². The fourth-order valence-electron chi connectivity index (χ4n) is 5.30. The number of pyridine rings is 1. The molecule has 1 aliphatic carbocycles. The van der Waals surface area contributed by atoms with Crippen molar-refractivity contribution < 1.29 is 19.4 Å². The minimum atomic E-state index is -0.519. The van der Waals surface area contributed by atoms with E-state index in [2.05, 4.69) is 4.98 Å². The van der Waals surface area contributed by atoms with Crippen molar-refractivity contribution in [2.45, 2.75) is 38.1 Å². The molecule has 1 unspecified atom stereocenters. The first kappa shape index (κ1) is 22.8. The molecular formula is C29H28N2O4. The normalized spacial score (nSPS) is 18.7. The molecule has 6 heteroatoms. The van der Waals surface area contributed by atoms with E-state index in [1.807, 2.05) is 36.4 Å². The van der Waals surface area contributed by atoms with E-state index in [9.17, 15) is 14.7 Å². The molecule has 1 aliphatic heterocycles. The van der Waals surface area contributed by atoms with Gasteiger partial charge in [0.15, 0.2) is 11.5 Å². The van der Waals surface area contributed by atoms with Gasteiger partial charge in [-0.2, -0.15) is 0 Å². The van der Waals surface area contributed by atoms with Crippen LogP contribution in [-0.4, -0.2) is 34.9 Å². The summed E-state index contributed by atoms with van der Waals surface area (Å²) in [5, 5.41) is 11.0. The van der Waals surface area contributed by atoms with Gasteiger partial charge < -0.3 is 9.84 Å². The van der Waals surface area contributed by atoms with Crippen LogP contribution >= 0.6 is 0 Å². The second kappa shape index (κ2) is 9.74. The number of nitrogens with zero attached hydrogens (tertiary/aromatic N) is 2. The lowest BCUT2D eigenvalue weighted by atomic mass is 9.79. The fourth-order valence-corrected chi connectivity index (χ4v) is 5.30. The van der Waals surface area contributed by atoms with Crippen molar-refractivity contribution in [1.29, 1.82) is 0 Å². The number of aliphatic hydroxyl groups is 1. The second-order valence-electron chi connectivity index (χ2n) is 9.12. The number of aliphatic hydroxyl groups excluding tert-OH is 1. The summed E-state index contributed by atoms with van der Waals surface area (Å²) >= 11 is 0. The highest BCUT2D eigenvalue weighted by Gasteiger charge is 2.47. The average Bonchev–Trinajstić information content (AvgIpc) is 3.19. The lowest BCUT2D eigenvalue weighted by Gasteiger charge is -2.35. The molecule has 1 amide bonds. The standard InChI is InChI=1S/C29H28N2O4/c1-35-24-13-9-22(10-14-24)27(32)25-26(21-5-3-2-4-6-21)31(29(34)28(25)33)23-11-7-19(8-12-23)20-15-17-30-18-16-20/h7-18,21,26,33H,2-6H2,1H3. The van der Waals surface area contributed by atoms with Crippen molar-refractivity contribution in [2.24, 2.45) is 5.92 Å². The number of ketones is 1. The fraction of sp³-hybridized carbons (Fsp3) is 0.276. The van der Waals surface area contributed by atoms with Crippen LogP contribution in [0.15, 0.2) is 84.4 Å². The van der Waals surface area contributed by atoms with Crippen molar-refractivity contribution in [2.75, 3.05) is 12.0 Å². The lowest BCUT2D eigenvalue weighted by molar-refractivity contribution is -0.117. The van der Waals surface area contributed by atoms with E-state index in [0.717, 1.165) is 43.2 Å². The molecule has 2 aromatic carbocycles. The molecule has 0 bridgehead atoms. The molecule has 0 saturated heterocycles. The third-order valence-corrected chi connectivity index (χ3v) is 7.10. The Morgan fingerprint density at radius 3 is 2.17 bits per heavy atom. The molecule has 1 fully saturated rings. The smallest absolute Gasteiger partial charge is 0.294 e. The van der Waals surface area contributed by atoms with Crippen LogP contribution in [0.5, 0.6) is 5.75 Å². The molecular weight excluding hydrogens is 440 g/mol. The van der Waals surface area contributed by atoms with E-state index in [1.54, 1.807) is 48.7 Å². The van der Waals surface area contributed by atoms with Gasteiger partial charge in [0.1, 0.15) is 5.75 Å². The topological polar surface area (TPSA) is 79.7 Å². The zero-order valence-electron chi connectivity index (χ0n) is 19.7. The summed E-state index contributed by atoms with van der Waals surface area (Å²) < 4.78 is 5.21. The number of aromatic nitrogens is 1. The second-order valence-corrected chi connectivity index (χ2v) is 9.12. The SMILES string of the molecule is COc1ccc(C(=O)C2=C(O)C(=O)N(c3ccc(-c4ccncc4)cc3)C2C2CCCCC2)cc1. The zero-order chi connectivity index (χ0) is 24.4. The van der Waals surface area contributed by atoms with E-state index in [1.165, 1.54) is 0 Å². The predicted octanol–water partition coefficient (Wildman–Crippen LogP) is 5.75. The molecule has 0 spiro atoms. The molecule has 5 rings (SSSR count). The van der Waals surface area contributed by atoms with Crippen molar-refractivity contribution in [3.8, 4) is 16.9 Å². The molecule has 1 N–H and O–H groups in total. The quantitative estimate of drug-likeness (QED) is 0.466. The van der Waals surface area contributed by atoms with Gasteiger partial charge in [0.2, 0.25) is 0 Å². The van der Waals surface area contributed by atoms with Crippen LogP contribution < -0.4 is 9.64 Å². The Balaban J connectivity index is 1.52. The summed E-state index contributed by atoms with van der Waals surface area (Å²) in [6, 6.07) is 17.8. The van der Waals surface area contributed by atoms with Gasteiger partial charge in [0.05, 0.1) is 18.7 Å². The van der Waals surface area contributed by atoms with Crippen molar-refractivity contribution in [3.05, 3.63) is 90.0 Å². The zero-order valence-corrected chi connectivity index (χ0v) is 19.7. The first-order valence-electron chi connectivity index (χ1n) is 12.0. The third-order valence-electron chi connectivity index (χ3n) is 7.10. The number of ether oxygens (including phenoxy) is 1. The molecule has 35 heavy (non-hydrogen) atoms. The van der Waals surface area contributed by atoms with Crippen molar-refractivity contribution in [1.82, 2.24) is 4.98 Å². The maximum Gasteiger partial charge on any atom is 0.294 e. The van der Waals surface area contributed by atoms with Gasteiger partial charge in [-0.3, -0.25) is 19.5 Å². The summed E-state index contributed by atoms with van der Waals surface area (Å²) in [7, 11) is 1.57. The van der Waals surface area contributed by atoms with E-state index in [0.29, 0.717) is 17.0 Å². The van der Waals surface area contributed by atoms with E-state index in [4.69, 9.17) is 4.74 Å². The van der Waals surface area contributed by atoms with Gasteiger partial charge in [0.25, 0.3) is 5.91 Å². The molecule has 1 aromatic heterocycles. The number of hydrogen-bond acceptors (Lipinski definition) is 5. The highest BCUT2D eigenvalue weighted by Crippen LogP contribution is 2.41. The molecule has 2 heterocycles. The molecule has 3 aromatic rings. The summed E-state index contributed by atoms with van der Waals surface area (Å²) in [6.45, 7) is 0. The third kappa shape index (κ3) is 4.32. The number of anilines is 1. The molecule has 0 radical (unpaired) electrons. The van der Waals surface area contributed by atoms with Gasteiger partial charge in [-0.25, -0.2) is 0 Å². The lowest BCUT2D eigenvalue weighted by Crippen LogP contribution is -2.42. The number of methoxy groups -OCH3 is 1. The summed E-state index contributed by atoms with van der Waals surface area (Å²) in [5.74, 6) is -0.532. The maximum absolute atomic E-state index is 13.6. The highest BCUT2D eigenvalue weighted by atomic mass is 16.5. The largest absolute Gasteiger partial charge is 0.503 e. The summed E-state index contributed by atoms with van der Waals surface area (Å²) in [6.07, 6.45) is 8.56. The average molecular weight is 469 g/mol. The van der Waals surface area contributed by atoms with Gasteiger partial charge in [-0.05, 0) is 78.4 Å². The molecule has 1 saturated carbocycles. The van der Waals surface area contributed by atoms with Crippen LogP contribution in [0, 0.1) is 5.92 Å². The number of hydrogen-bond donors (Lipinski definition) is 1. The van der Waals surface area contributed by atoms with Gasteiger partial charge in [0, 0.05) is 23.6 Å². The van der Waals surface area contributed by atoms with Crippen LogP contribution in [0.3, 0.4) is 0 Å². The Kier molecular flexibility index (Phi) is 6.36. The minimum absolute atomic E-state index is 0.106. The number of amides is 1. The molecule has 2 aliphatic rings. The monoisotopic (exact) mass is 468 g/mol. The molecule has 6 nitrogen and oxygen atoms in total. The molecule has 1 atom stereocenters. The van der Waals surface area contributed by atoms with Gasteiger partial charge in [-0.15, -0.1) is 0 Å². The first-order chi connectivity index (χ1) is 17.1. The predicted molar refractivity (Wildman–Crippen MR) is 135 cm³/mol. The van der Waals surface area contributed by atoms with E-state index in [-0.39, 0.29) is 17.3 Å². The van der Waals surface area contributed by atoms with Crippen molar-refractivity contribution >= 4 is 17.4 Å². The van der Waals surface area contributed by atoms with Gasteiger partial charge in [-0.1, -0.05) is 31.4 Å². The van der Waals surface area contributed by atoms with Crippen LogP contribution in [0.2, 0.25) is 0 Å². The van der Waals surface area contributed by atoms with Crippen LogP contribution in [-0.2, 0) is 4.79 Å². The number of benzene rings is 2. The Bertz CT molecular complexity index is 1240. The van der Waals surface area contributed by atoms with Crippen LogP contribution in [0.4, 0.5) is 5.69 Å². The van der Waals surface area contributed by atoms with E-state index < -0.39 is 17.7 Å². The Morgan fingerprint density at radius 2 is 1.54 bits per heavy atom. The van der Waals surface area contributed by atoms with Crippen LogP contribution in [0.25, 0.3) is 11.1 Å². The highest BCUT2D eigenvalue weighted by molar-refractivity contribution is 6.20. The summed E-state index contributed by atoms with van der Waals surface area (Å²) in [4.78, 5) is 32.7. The maximum atomic E-state index is 13.6. The Labute approximate surface area is 204 Å². The Morgan fingerprint density at radius 1 is 0.914 bits per heavy atom. The number of carbonyl (C=O) groups is 2. The number of Topliss-reactive ketones (excluding diaryl/α,β-unsaturated/α-hetero) is 1. The van der Waals surface area contributed by atoms with Crippen LogP contribution in [0.1, 0.15) is 42.5 Å². The summed E-state index contributed by atoms with van der Waals surface area (Å²) in [5.41, 5.74) is 3.33. The van der Waals surface area contributed by atoms with E-state index >= 15 is 0 Å². The first-order valence-corrected chi connectivity index (χ1v) is 12.0. The number of rotatable bonds is 6. The van der Waals surface area contributed by atoms with Gasteiger partial charge >= 0.3 is 0 Å². The molecule has 178 valence electrons.